The van der Waals surface area contributed by atoms with Crippen LogP contribution in [0.5, 0.6) is 0 Å². The Labute approximate surface area is 155 Å². The number of aromatic nitrogens is 2. The number of aryl methyl sites for hydroxylation is 2. The van der Waals surface area contributed by atoms with Crippen molar-refractivity contribution in [3.05, 3.63) is 70.4 Å². The smallest absolute Gasteiger partial charge is 0.350 e. The average molecular weight is 366 g/mol. The lowest BCUT2D eigenvalue weighted by atomic mass is 10.1. The van der Waals surface area contributed by atoms with E-state index in [-0.39, 0.29) is 5.78 Å². The van der Waals surface area contributed by atoms with Crippen LogP contribution >= 0.6 is 11.3 Å². The fraction of sp³-hybridized carbons (Fsp3) is 0.200. The van der Waals surface area contributed by atoms with Gasteiger partial charge in [0.2, 0.25) is 5.78 Å². The molecule has 2 heterocycles. The lowest BCUT2D eigenvalue weighted by molar-refractivity contribution is 0.0322. The molecular formula is C20H18N2O3S. The number of carbonyl (C=O) groups is 2. The molecule has 3 rings (SSSR count). The lowest BCUT2D eigenvalue weighted by Crippen LogP contribution is -2.24. The minimum atomic E-state index is -0.870. The molecule has 0 saturated carbocycles. The molecule has 0 unspecified atom stereocenters. The maximum Gasteiger partial charge on any atom is 0.350 e. The van der Waals surface area contributed by atoms with Crippen molar-refractivity contribution in [1.29, 1.82) is 0 Å². The molecule has 0 spiro atoms. The van der Waals surface area contributed by atoms with Crippen molar-refractivity contribution in [1.82, 2.24) is 9.97 Å². The van der Waals surface area contributed by atoms with Gasteiger partial charge in [0.25, 0.3) is 0 Å². The Bertz CT molecular complexity index is 933. The van der Waals surface area contributed by atoms with Crippen LogP contribution in [0, 0.1) is 13.8 Å². The van der Waals surface area contributed by atoms with E-state index in [4.69, 9.17) is 4.74 Å². The van der Waals surface area contributed by atoms with Gasteiger partial charge in [-0.2, -0.15) is 0 Å². The minimum absolute atomic E-state index is 0.231. The summed E-state index contributed by atoms with van der Waals surface area (Å²) in [5.41, 5.74) is 2.85. The molecule has 0 aliphatic heterocycles. The summed E-state index contributed by atoms with van der Waals surface area (Å²) < 4.78 is 5.37. The summed E-state index contributed by atoms with van der Waals surface area (Å²) in [6, 6.07) is 12.7. The molecule has 0 bridgehead atoms. The molecule has 0 amide bonds. The zero-order valence-electron chi connectivity index (χ0n) is 14.7. The van der Waals surface area contributed by atoms with Crippen molar-refractivity contribution in [3.63, 3.8) is 0 Å². The zero-order valence-corrected chi connectivity index (χ0v) is 15.5. The van der Waals surface area contributed by atoms with Gasteiger partial charge in [-0.05, 0) is 32.9 Å². The second-order valence-electron chi connectivity index (χ2n) is 5.93. The second kappa shape index (κ2) is 7.58. The average Bonchev–Trinajstić information content (AvgIpc) is 3.04. The van der Waals surface area contributed by atoms with Crippen LogP contribution in [0.1, 0.15) is 38.2 Å². The molecule has 0 radical (unpaired) electrons. The highest BCUT2D eigenvalue weighted by Crippen LogP contribution is 2.27. The summed E-state index contributed by atoms with van der Waals surface area (Å²) in [6.07, 6.45) is 0.803. The van der Waals surface area contributed by atoms with Crippen molar-refractivity contribution < 1.29 is 14.3 Å². The molecule has 6 heteroatoms. The van der Waals surface area contributed by atoms with Crippen molar-refractivity contribution in [3.8, 4) is 10.7 Å². The number of thiazole rings is 1. The third kappa shape index (κ3) is 3.86. The highest BCUT2D eigenvalue weighted by molar-refractivity contribution is 7.17. The van der Waals surface area contributed by atoms with E-state index < -0.39 is 12.1 Å². The molecule has 2 aromatic heterocycles. The standard InChI is InChI=1S/C20H18N2O3S/c1-12-7-9-15(10-8-12)17(23)14(3)25-20(24)18-13(2)22-19(26-18)16-6-4-5-11-21-16/h4-11,14H,1-3H3/t14-/m1/s1. The Kier molecular flexibility index (Phi) is 5.23. The van der Waals surface area contributed by atoms with Crippen LogP contribution in [-0.2, 0) is 4.74 Å². The summed E-state index contributed by atoms with van der Waals surface area (Å²) in [7, 11) is 0. The first kappa shape index (κ1) is 17.9. The number of Topliss-reactive ketones (excluding diaryl/α,β-unsaturated/α-hetero) is 1. The Balaban J connectivity index is 1.74. The number of ketones is 1. The van der Waals surface area contributed by atoms with E-state index in [0.717, 1.165) is 5.56 Å². The van der Waals surface area contributed by atoms with Crippen molar-refractivity contribution >= 4 is 23.1 Å². The number of hydrogen-bond acceptors (Lipinski definition) is 6. The molecule has 132 valence electrons. The minimum Gasteiger partial charge on any atom is -0.450 e. The third-order valence-electron chi connectivity index (χ3n) is 3.86. The van der Waals surface area contributed by atoms with Crippen LogP contribution in [0.4, 0.5) is 0 Å². The van der Waals surface area contributed by atoms with Gasteiger partial charge in [0, 0.05) is 11.8 Å². The Morgan fingerprint density at radius 1 is 1.08 bits per heavy atom. The largest absolute Gasteiger partial charge is 0.450 e. The molecule has 0 saturated heterocycles. The maximum atomic E-state index is 12.5. The molecule has 5 nitrogen and oxygen atoms in total. The van der Waals surface area contributed by atoms with Crippen LogP contribution < -0.4 is 0 Å². The van der Waals surface area contributed by atoms with Crippen molar-refractivity contribution in [2.75, 3.05) is 0 Å². The molecule has 0 aliphatic carbocycles. The van der Waals surface area contributed by atoms with E-state index in [2.05, 4.69) is 9.97 Å². The van der Waals surface area contributed by atoms with Gasteiger partial charge < -0.3 is 4.74 Å². The first-order valence-electron chi connectivity index (χ1n) is 8.16. The summed E-state index contributed by atoms with van der Waals surface area (Å²) >= 11 is 1.21. The molecular weight excluding hydrogens is 348 g/mol. The Morgan fingerprint density at radius 2 is 1.81 bits per heavy atom. The van der Waals surface area contributed by atoms with Gasteiger partial charge in [-0.25, -0.2) is 9.78 Å². The van der Waals surface area contributed by atoms with Crippen LogP contribution in [0.25, 0.3) is 10.7 Å². The molecule has 26 heavy (non-hydrogen) atoms. The normalized spacial score (nSPS) is 11.8. The number of hydrogen-bond donors (Lipinski definition) is 0. The fourth-order valence-corrected chi connectivity index (χ4v) is 3.33. The SMILES string of the molecule is Cc1ccc(C(=O)[C@@H](C)OC(=O)c2sc(-c3ccccn3)nc2C)cc1. The molecule has 3 aromatic rings. The summed E-state index contributed by atoms with van der Waals surface area (Å²) in [6.45, 7) is 5.27. The van der Waals surface area contributed by atoms with E-state index >= 15 is 0 Å². The molecule has 1 atom stereocenters. The van der Waals surface area contributed by atoms with Gasteiger partial charge in [-0.1, -0.05) is 35.9 Å². The number of ether oxygens (including phenoxy) is 1. The third-order valence-corrected chi connectivity index (χ3v) is 5.02. The van der Waals surface area contributed by atoms with Crippen molar-refractivity contribution in [2.24, 2.45) is 0 Å². The first-order chi connectivity index (χ1) is 12.5. The fourth-order valence-electron chi connectivity index (χ4n) is 2.40. The molecule has 1 aromatic carbocycles. The van der Waals surface area contributed by atoms with Gasteiger partial charge in [-0.3, -0.25) is 9.78 Å². The van der Waals surface area contributed by atoms with E-state index in [1.807, 2.05) is 37.3 Å². The van der Waals surface area contributed by atoms with E-state index in [9.17, 15) is 9.59 Å². The van der Waals surface area contributed by atoms with Crippen LogP contribution in [0.3, 0.4) is 0 Å². The number of benzene rings is 1. The van der Waals surface area contributed by atoms with E-state index in [1.54, 1.807) is 32.2 Å². The van der Waals surface area contributed by atoms with Gasteiger partial charge >= 0.3 is 5.97 Å². The number of esters is 1. The van der Waals surface area contributed by atoms with Gasteiger partial charge in [0.05, 0.1) is 11.4 Å². The van der Waals surface area contributed by atoms with Gasteiger partial charge in [0.1, 0.15) is 9.88 Å². The first-order valence-corrected chi connectivity index (χ1v) is 8.98. The number of nitrogens with zero attached hydrogens (tertiary/aromatic N) is 2. The number of rotatable bonds is 5. The zero-order chi connectivity index (χ0) is 18.7. The predicted molar refractivity (Wildman–Crippen MR) is 100 cm³/mol. The van der Waals surface area contributed by atoms with Crippen LogP contribution in [0.15, 0.2) is 48.7 Å². The molecule has 0 N–H and O–H groups in total. The summed E-state index contributed by atoms with van der Waals surface area (Å²) in [5, 5.41) is 0.646. The monoisotopic (exact) mass is 366 g/mol. The Morgan fingerprint density at radius 3 is 2.46 bits per heavy atom. The Hall–Kier alpha value is -2.86. The van der Waals surface area contributed by atoms with Crippen molar-refractivity contribution in [2.45, 2.75) is 26.9 Å². The van der Waals surface area contributed by atoms with Gasteiger partial charge in [0.15, 0.2) is 6.10 Å². The topological polar surface area (TPSA) is 69.2 Å². The van der Waals surface area contributed by atoms with E-state index in [1.165, 1.54) is 11.3 Å². The quantitative estimate of drug-likeness (QED) is 0.499. The predicted octanol–water partition coefficient (Wildman–Crippen LogP) is 4.25. The van der Waals surface area contributed by atoms with Gasteiger partial charge in [-0.15, -0.1) is 11.3 Å². The number of carbonyl (C=O) groups excluding carboxylic acids is 2. The maximum absolute atomic E-state index is 12.5. The highest BCUT2D eigenvalue weighted by atomic mass is 32.1. The van der Waals surface area contributed by atoms with Crippen LogP contribution in [0.2, 0.25) is 0 Å². The van der Waals surface area contributed by atoms with Crippen LogP contribution in [-0.4, -0.2) is 27.8 Å². The summed E-state index contributed by atoms with van der Waals surface area (Å²) in [5.74, 6) is -0.777. The molecule has 0 aliphatic rings. The second-order valence-corrected chi connectivity index (χ2v) is 6.93. The number of pyridine rings is 1. The highest BCUT2D eigenvalue weighted by Gasteiger charge is 2.24. The van der Waals surface area contributed by atoms with E-state index in [0.29, 0.717) is 26.8 Å². The molecule has 0 fully saturated rings. The lowest BCUT2D eigenvalue weighted by Gasteiger charge is -2.12. The summed E-state index contributed by atoms with van der Waals surface area (Å²) in [4.78, 5) is 33.9.